The first-order chi connectivity index (χ1) is 7.20. The van der Waals surface area contributed by atoms with E-state index in [4.69, 9.17) is 0 Å². The maximum absolute atomic E-state index is 11.7. The number of hydrogen-bond donors (Lipinski definition) is 1. The fourth-order valence-corrected chi connectivity index (χ4v) is 1.75. The predicted molar refractivity (Wildman–Crippen MR) is 62.7 cm³/mol. The van der Waals surface area contributed by atoms with Crippen molar-refractivity contribution in [3.63, 3.8) is 0 Å². The molecule has 86 valence electrons. The fraction of sp³-hybridized carbons (Fsp3) is 0.750. The van der Waals surface area contributed by atoms with E-state index in [-0.39, 0.29) is 5.91 Å². The first-order valence-electron chi connectivity index (χ1n) is 5.83. The molecule has 0 aromatic carbocycles. The number of carbonyl (C=O) groups excluding carboxylic acids is 1. The highest BCUT2D eigenvalue weighted by atomic mass is 16.2. The summed E-state index contributed by atoms with van der Waals surface area (Å²) in [4.78, 5) is 13.7. The SMILES string of the molecule is C=C(C)CCNCC(=O)N1CCCCC1. The average Bonchev–Trinajstić information content (AvgIpc) is 2.25. The molecule has 1 rings (SSSR count). The molecule has 1 N–H and O–H groups in total. The Hall–Kier alpha value is -0.830. The molecule has 1 aliphatic rings. The van der Waals surface area contributed by atoms with Crippen LogP contribution < -0.4 is 5.32 Å². The number of nitrogens with one attached hydrogen (secondary N) is 1. The van der Waals surface area contributed by atoms with Gasteiger partial charge in [-0.25, -0.2) is 0 Å². The zero-order chi connectivity index (χ0) is 11.1. The highest BCUT2D eigenvalue weighted by Crippen LogP contribution is 2.08. The van der Waals surface area contributed by atoms with Crippen molar-refractivity contribution in [1.29, 1.82) is 0 Å². The van der Waals surface area contributed by atoms with Gasteiger partial charge in [0, 0.05) is 13.1 Å². The maximum Gasteiger partial charge on any atom is 0.236 e. The topological polar surface area (TPSA) is 32.3 Å². The van der Waals surface area contributed by atoms with E-state index in [9.17, 15) is 4.79 Å². The minimum atomic E-state index is 0.247. The van der Waals surface area contributed by atoms with Crippen LogP contribution in [0.4, 0.5) is 0 Å². The zero-order valence-corrected chi connectivity index (χ0v) is 9.72. The monoisotopic (exact) mass is 210 g/mol. The summed E-state index contributed by atoms with van der Waals surface area (Å²) < 4.78 is 0. The van der Waals surface area contributed by atoms with Crippen molar-refractivity contribution in [3.8, 4) is 0 Å². The Kier molecular flexibility index (Phi) is 5.40. The molecule has 15 heavy (non-hydrogen) atoms. The maximum atomic E-state index is 11.7. The number of likely N-dealkylation sites (tertiary alicyclic amines) is 1. The Labute approximate surface area is 92.5 Å². The van der Waals surface area contributed by atoms with E-state index in [1.54, 1.807) is 0 Å². The second-order valence-corrected chi connectivity index (χ2v) is 4.33. The van der Waals surface area contributed by atoms with E-state index < -0.39 is 0 Å². The second kappa shape index (κ2) is 6.62. The van der Waals surface area contributed by atoms with Crippen LogP contribution in [-0.2, 0) is 4.79 Å². The molecule has 0 bridgehead atoms. The van der Waals surface area contributed by atoms with Gasteiger partial charge in [-0.3, -0.25) is 4.79 Å². The van der Waals surface area contributed by atoms with Crippen LogP contribution in [-0.4, -0.2) is 37.0 Å². The van der Waals surface area contributed by atoms with E-state index in [0.29, 0.717) is 6.54 Å². The van der Waals surface area contributed by atoms with Crippen LogP contribution in [0.25, 0.3) is 0 Å². The van der Waals surface area contributed by atoms with Crippen LogP contribution in [0.3, 0.4) is 0 Å². The van der Waals surface area contributed by atoms with Gasteiger partial charge < -0.3 is 10.2 Å². The molecule has 0 saturated carbocycles. The second-order valence-electron chi connectivity index (χ2n) is 4.33. The molecule has 3 heteroatoms. The molecular formula is C12H22N2O. The van der Waals surface area contributed by atoms with E-state index >= 15 is 0 Å². The standard InChI is InChI=1S/C12H22N2O/c1-11(2)6-7-13-10-12(15)14-8-4-3-5-9-14/h13H,1,3-10H2,2H3. The number of rotatable bonds is 5. The largest absolute Gasteiger partial charge is 0.342 e. The van der Waals surface area contributed by atoms with E-state index in [1.807, 2.05) is 11.8 Å². The molecule has 0 radical (unpaired) electrons. The summed E-state index contributed by atoms with van der Waals surface area (Å²) in [6, 6.07) is 0. The lowest BCUT2D eigenvalue weighted by atomic mass is 10.1. The summed E-state index contributed by atoms with van der Waals surface area (Å²) in [6.07, 6.45) is 4.55. The van der Waals surface area contributed by atoms with Gasteiger partial charge in [-0.15, -0.1) is 6.58 Å². The highest BCUT2D eigenvalue weighted by Gasteiger charge is 2.15. The lowest BCUT2D eigenvalue weighted by molar-refractivity contribution is -0.131. The van der Waals surface area contributed by atoms with Crippen molar-refractivity contribution in [3.05, 3.63) is 12.2 Å². The Bertz CT molecular complexity index is 220. The Balaban J connectivity index is 2.09. The van der Waals surface area contributed by atoms with Crippen molar-refractivity contribution in [1.82, 2.24) is 10.2 Å². The third kappa shape index (κ3) is 4.98. The molecule has 1 saturated heterocycles. The van der Waals surface area contributed by atoms with Crippen molar-refractivity contribution in [2.45, 2.75) is 32.6 Å². The number of piperidine rings is 1. The van der Waals surface area contributed by atoms with Gasteiger partial charge in [0.25, 0.3) is 0 Å². The van der Waals surface area contributed by atoms with Crippen molar-refractivity contribution < 1.29 is 4.79 Å². The summed E-state index contributed by atoms with van der Waals surface area (Å²) in [7, 11) is 0. The van der Waals surface area contributed by atoms with Gasteiger partial charge in [0.05, 0.1) is 6.54 Å². The first-order valence-corrected chi connectivity index (χ1v) is 5.83. The van der Waals surface area contributed by atoms with E-state index in [1.165, 1.54) is 6.42 Å². The normalized spacial score (nSPS) is 16.5. The minimum absolute atomic E-state index is 0.247. The summed E-state index contributed by atoms with van der Waals surface area (Å²) in [5.41, 5.74) is 1.16. The zero-order valence-electron chi connectivity index (χ0n) is 9.72. The van der Waals surface area contributed by atoms with Crippen LogP contribution in [0.15, 0.2) is 12.2 Å². The molecule has 3 nitrogen and oxygen atoms in total. The summed E-state index contributed by atoms with van der Waals surface area (Å²) in [5.74, 6) is 0.247. The number of hydrogen-bond acceptors (Lipinski definition) is 2. The lowest BCUT2D eigenvalue weighted by Crippen LogP contribution is -2.41. The third-order valence-electron chi connectivity index (χ3n) is 2.71. The highest BCUT2D eigenvalue weighted by molar-refractivity contribution is 5.78. The van der Waals surface area contributed by atoms with Crippen LogP contribution in [0.5, 0.6) is 0 Å². The molecule has 0 atom stereocenters. The van der Waals surface area contributed by atoms with Gasteiger partial charge in [0.15, 0.2) is 0 Å². The Morgan fingerprint density at radius 1 is 1.33 bits per heavy atom. The molecule has 1 aliphatic heterocycles. The summed E-state index contributed by atoms with van der Waals surface area (Å²) >= 11 is 0. The van der Waals surface area contributed by atoms with Gasteiger partial charge >= 0.3 is 0 Å². The van der Waals surface area contributed by atoms with Crippen molar-refractivity contribution in [2.24, 2.45) is 0 Å². The van der Waals surface area contributed by atoms with Crippen LogP contribution in [0, 0.1) is 0 Å². The van der Waals surface area contributed by atoms with E-state index in [0.717, 1.165) is 44.5 Å². The lowest BCUT2D eigenvalue weighted by Gasteiger charge is -2.26. The summed E-state index contributed by atoms with van der Waals surface area (Å²) in [5, 5.41) is 3.16. The van der Waals surface area contributed by atoms with Crippen molar-refractivity contribution >= 4 is 5.91 Å². The van der Waals surface area contributed by atoms with Gasteiger partial charge in [-0.05, 0) is 39.2 Å². The molecule has 0 aromatic heterocycles. The van der Waals surface area contributed by atoms with Gasteiger partial charge in [-0.1, -0.05) is 5.57 Å². The van der Waals surface area contributed by atoms with Gasteiger partial charge in [0.1, 0.15) is 0 Å². The molecular weight excluding hydrogens is 188 g/mol. The molecule has 1 amide bonds. The molecule has 0 aromatic rings. The van der Waals surface area contributed by atoms with Crippen LogP contribution in [0.2, 0.25) is 0 Å². The van der Waals surface area contributed by atoms with Crippen molar-refractivity contribution in [2.75, 3.05) is 26.2 Å². The average molecular weight is 210 g/mol. The molecule has 1 fully saturated rings. The number of nitrogens with zero attached hydrogens (tertiary/aromatic N) is 1. The fourth-order valence-electron chi connectivity index (χ4n) is 1.75. The van der Waals surface area contributed by atoms with Gasteiger partial charge in [0.2, 0.25) is 5.91 Å². The molecule has 1 heterocycles. The molecule has 0 unspecified atom stereocenters. The summed E-state index contributed by atoms with van der Waals surface area (Å²) in [6.45, 7) is 9.06. The minimum Gasteiger partial charge on any atom is -0.342 e. The first kappa shape index (κ1) is 12.2. The Morgan fingerprint density at radius 3 is 2.60 bits per heavy atom. The van der Waals surface area contributed by atoms with Crippen LogP contribution in [0.1, 0.15) is 32.6 Å². The smallest absolute Gasteiger partial charge is 0.236 e. The Morgan fingerprint density at radius 2 is 2.00 bits per heavy atom. The molecule has 0 aliphatic carbocycles. The number of amides is 1. The van der Waals surface area contributed by atoms with E-state index in [2.05, 4.69) is 11.9 Å². The van der Waals surface area contributed by atoms with Gasteiger partial charge in [-0.2, -0.15) is 0 Å². The number of carbonyl (C=O) groups is 1. The quantitative estimate of drug-likeness (QED) is 0.551. The van der Waals surface area contributed by atoms with Crippen LogP contribution >= 0.6 is 0 Å². The third-order valence-corrected chi connectivity index (χ3v) is 2.71. The molecule has 0 spiro atoms. The predicted octanol–water partition coefficient (Wildman–Crippen LogP) is 1.55.